The van der Waals surface area contributed by atoms with Gasteiger partial charge in [0, 0.05) is 5.57 Å². The molecule has 31 heavy (non-hydrogen) atoms. The number of hydrogen-bond donors (Lipinski definition) is 1. The van der Waals surface area contributed by atoms with Gasteiger partial charge >= 0.3 is 11.7 Å². The quantitative estimate of drug-likeness (QED) is 0.235. The van der Waals surface area contributed by atoms with E-state index in [4.69, 9.17) is 15.3 Å². The summed E-state index contributed by atoms with van der Waals surface area (Å²) in [4.78, 5) is 16.5. The number of nitrogens with two attached hydrogens (primary N) is 1. The third-order valence-electron chi connectivity index (χ3n) is 6.14. The number of rotatable bonds is 7. The number of esters is 1. The normalized spacial score (nSPS) is 19.9. The molecule has 1 unspecified atom stereocenters. The average molecular weight is 425 g/mol. The highest BCUT2D eigenvalue weighted by Gasteiger charge is 2.48. The van der Waals surface area contributed by atoms with Gasteiger partial charge in [0.15, 0.2) is 0 Å². The van der Waals surface area contributed by atoms with E-state index in [9.17, 15) is 10.3 Å². The molecule has 0 aromatic heterocycles. The van der Waals surface area contributed by atoms with E-state index in [0.717, 1.165) is 48.1 Å². The summed E-state index contributed by atoms with van der Waals surface area (Å²) in [7, 11) is 1.52. The molecule has 0 aliphatic heterocycles. The van der Waals surface area contributed by atoms with Gasteiger partial charge in [-0.15, -0.1) is 0 Å². The van der Waals surface area contributed by atoms with Gasteiger partial charge in [0.2, 0.25) is 5.92 Å². The maximum Gasteiger partial charge on any atom is 0.328 e. The molecule has 7 nitrogen and oxygen atoms in total. The van der Waals surface area contributed by atoms with Crippen LogP contribution in [0, 0.1) is 11.8 Å². The number of carbonyl (C=O) groups is 1. The molecule has 1 aromatic carbocycles. The first-order valence-electron chi connectivity index (χ1n) is 11.0. The summed E-state index contributed by atoms with van der Waals surface area (Å²) < 4.78 is 11.0. The molecule has 1 saturated carbocycles. The highest BCUT2D eigenvalue weighted by atomic mass is 16.5. The first kappa shape index (κ1) is 22.8. The second kappa shape index (κ2) is 10.4. The Balaban J connectivity index is 2.16. The minimum atomic E-state index is -0.902. The van der Waals surface area contributed by atoms with Crippen LogP contribution in [0.2, 0.25) is 0 Å². The van der Waals surface area contributed by atoms with Crippen molar-refractivity contribution in [3.63, 3.8) is 0 Å². The zero-order valence-corrected chi connectivity index (χ0v) is 18.6. The summed E-state index contributed by atoms with van der Waals surface area (Å²) in [6, 6.07) is 9.94. The molecule has 0 radical (unpaired) electrons. The number of hydrazine groups is 1. The van der Waals surface area contributed by atoms with E-state index in [1.54, 1.807) is 11.9 Å². The largest absolute Gasteiger partial charge is 0.499 e. The Hall–Kier alpha value is -2.89. The fraction of sp³-hybridized carbons (Fsp3) is 0.500. The third kappa shape index (κ3) is 4.73. The predicted octanol–water partition coefficient (Wildman–Crippen LogP) is 3.98. The van der Waals surface area contributed by atoms with Gasteiger partial charge < -0.3 is 20.0 Å². The molecule has 0 amide bonds. The highest BCUT2D eigenvalue weighted by Crippen LogP contribution is 2.42. The van der Waals surface area contributed by atoms with Gasteiger partial charge in [-0.3, -0.25) is 4.79 Å². The minimum absolute atomic E-state index is 0.154. The minimum Gasteiger partial charge on any atom is -0.499 e. The molecule has 3 rings (SSSR count). The lowest BCUT2D eigenvalue weighted by Crippen LogP contribution is -2.42. The Bertz CT molecular complexity index is 910. The Morgan fingerprint density at radius 3 is 2.48 bits per heavy atom. The second-order valence-corrected chi connectivity index (χ2v) is 8.07. The van der Waals surface area contributed by atoms with Crippen LogP contribution in [0.3, 0.4) is 0 Å². The lowest BCUT2D eigenvalue weighted by Gasteiger charge is -2.35. The van der Waals surface area contributed by atoms with E-state index in [0.29, 0.717) is 12.3 Å². The molecule has 2 aliphatic carbocycles. The monoisotopic (exact) mass is 424 g/mol. The van der Waals surface area contributed by atoms with Gasteiger partial charge in [-0.1, -0.05) is 49.6 Å². The fourth-order valence-electron chi connectivity index (χ4n) is 4.79. The molecule has 0 heterocycles. The van der Waals surface area contributed by atoms with Crippen molar-refractivity contribution in [1.82, 2.24) is 5.01 Å². The van der Waals surface area contributed by atoms with Gasteiger partial charge in [0.25, 0.3) is 0 Å². The Morgan fingerprint density at radius 2 is 1.90 bits per heavy atom. The van der Waals surface area contributed by atoms with Crippen LogP contribution in [0.1, 0.15) is 51.5 Å². The Morgan fingerprint density at radius 1 is 1.23 bits per heavy atom. The van der Waals surface area contributed by atoms with E-state index in [-0.39, 0.29) is 18.2 Å². The maximum absolute atomic E-state index is 12.9. The van der Waals surface area contributed by atoms with E-state index in [2.05, 4.69) is 4.79 Å². The highest BCUT2D eigenvalue weighted by molar-refractivity contribution is 6.13. The van der Waals surface area contributed by atoms with Crippen LogP contribution >= 0.6 is 0 Å². The second-order valence-electron chi connectivity index (χ2n) is 8.07. The molecule has 0 spiro atoms. The topological polar surface area (TPSA) is 101 Å². The summed E-state index contributed by atoms with van der Waals surface area (Å²) in [5.74, 6) is 5.79. The summed E-state index contributed by atoms with van der Waals surface area (Å²) in [6.07, 6.45) is 5.28. The van der Waals surface area contributed by atoms with Crippen LogP contribution in [-0.2, 0) is 20.8 Å². The van der Waals surface area contributed by atoms with Crippen molar-refractivity contribution in [2.24, 2.45) is 17.7 Å². The van der Waals surface area contributed by atoms with Crippen LogP contribution in [0.15, 0.2) is 52.9 Å². The summed E-state index contributed by atoms with van der Waals surface area (Å²) in [5.41, 5.74) is 13.8. The average Bonchev–Trinajstić information content (AvgIpc) is 2.79. The smallest absolute Gasteiger partial charge is 0.328 e. The van der Waals surface area contributed by atoms with Gasteiger partial charge in [0.05, 0.1) is 31.5 Å². The van der Waals surface area contributed by atoms with Crippen LogP contribution in [0.25, 0.3) is 5.53 Å². The van der Waals surface area contributed by atoms with Crippen LogP contribution in [0.5, 0.6) is 0 Å². The van der Waals surface area contributed by atoms with E-state index in [1.807, 2.05) is 37.3 Å². The Kier molecular flexibility index (Phi) is 7.66. The zero-order valence-electron chi connectivity index (χ0n) is 18.6. The first-order valence-corrected chi connectivity index (χ1v) is 11.0. The molecule has 1 fully saturated rings. The van der Waals surface area contributed by atoms with Gasteiger partial charge in [0.1, 0.15) is 5.76 Å². The van der Waals surface area contributed by atoms with Gasteiger partial charge in [-0.25, -0.2) is 5.84 Å². The number of methoxy groups -OCH3 is 1. The molecule has 0 saturated heterocycles. The van der Waals surface area contributed by atoms with E-state index < -0.39 is 11.9 Å². The number of ether oxygens (including phenoxy) is 2. The third-order valence-corrected chi connectivity index (χ3v) is 6.14. The molecular formula is C24H32N4O3. The van der Waals surface area contributed by atoms with Crippen molar-refractivity contribution >= 4 is 11.7 Å². The number of carbonyl (C=O) groups excluding carboxylic acids is 1. The molecule has 1 atom stereocenters. The van der Waals surface area contributed by atoms with E-state index >= 15 is 0 Å². The zero-order chi connectivity index (χ0) is 22.4. The molecule has 0 bridgehead atoms. The van der Waals surface area contributed by atoms with Gasteiger partial charge in [-0.05, 0) is 38.2 Å². The summed E-state index contributed by atoms with van der Waals surface area (Å²) in [6.45, 7) is 4.37. The van der Waals surface area contributed by atoms with Crippen molar-refractivity contribution in [2.75, 3.05) is 13.7 Å². The number of allylic oxidation sites excluding steroid dienone is 2. The lowest BCUT2D eigenvalue weighted by atomic mass is 9.74. The molecule has 7 heteroatoms. The van der Waals surface area contributed by atoms with Crippen molar-refractivity contribution in [3.8, 4) is 0 Å². The standard InChI is InChI=1S/C24H32N4O3/c1-4-31-24(29)20-21(27-25)19(18-13-9-6-10-14-18)22(16(2)23(20)30-3)28(26)15-17-11-7-5-8-12-17/h5,7-8,11-12,18,20H,4,6,9-10,13-15,26H2,1-3H3. The van der Waals surface area contributed by atoms with Crippen molar-refractivity contribution in [2.45, 2.75) is 52.5 Å². The van der Waals surface area contributed by atoms with E-state index in [1.165, 1.54) is 13.5 Å². The summed E-state index contributed by atoms with van der Waals surface area (Å²) in [5, 5.41) is 1.68. The first-order chi connectivity index (χ1) is 15.0. The SMILES string of the molecule is CCOC(=O)C1C(=[N+]=[N-])C(C2CCCCC2)=C(N(N)Cc2ccccc2)C(C)=C1OC. The van der Waals surface area contributed by atoms with Crippen LogP contribution in [-0.4, -0.2) is 35.2 Å². The fourth-order valence-corrected chi connectivity index (χ4v) is 4.79. The van der Waals surface area contributed by atoms with Crippen LogP contribution < -0.4 is 5.84 Å². The number of nitrogens with zero attached hydrogens (tertiary/aromatic N) is 3. The molecular weight excluding hydrogens is 392 g/mol. The number of hydrogen-bond acceptors (Lipinski definition) is 5. The summed E-state index contributed by atoms with van der Waals surface area (Å²) >= 11 is 0. The van der Waals surface area contributed by atoms with Gasteiger partial charge in [-0.2, -0.15) is 4.79 Å². The predicted molar refractivity (Wildman–Crippen MR) is 118 cm³/mol. The molecule has 2 N–H and O–H groups in total. The van der Waals surface area contributed by atoms with Crippen molar-refractivity contribution < 1.29 is 19.1 Å². The molecule has 166 valence electrons. The van der Waals surface area contributed by atoms with Crippen molar-refractivity contribution in [3.05, 3.63) is 64.0 Å². The van der Waals surface area contributed by atoms with Crippen LogP contribution in [0.4, 0.5) is 0 Å². The Labute approximate surface area is 184 Å². The lowest BCUT2D eigenvalue weighted by molar-refractivity contribution is -0.146. The maximum atomic E-state index is 12.9. The number of benzene rings is 1. The van der Waals surface area contributed by atoms with Crippen molar-refractivity contribution in [1.29, 1.82) is 0 Å². The molecule has 1 aromatic rings. The molecule has 2 aliphatic rings.